The lowest BCUT2D eigenvalue weighted by molar-refractivity contribution is -0.113. The number of halogens is 1. The third-order valence-electron chi connectivity index (χ3n) is 6.35. The van der Waals surface area contributed by atoms with Gasteiger partial charge in [0.2, 0.25) is 11.8 Å². The molecule has 35 heavy (non-hydrogen) atoms. The average Bonchev–Trinajstić information content (AvgIpc) is 3.21. The van der Waals surface area contributed by atoms with Crippen molar-refractivity contribution in [2.45, 2.75) is 24.0 Å². The molecule has 1 unspecified atom stereocenters. The fourth-order valence-corrected chi connectivity index (χ4v) is 5.27. The number of hydrogen-bond acceptors (Lipinski definition) is 9. The summed E-state index contributed by atoms with van der Waals surface area (Å²) in [4.78, 5) is 27.8. The number of nitrogens with zero attached hydrogens (tertiary/aromatic N) is 4. The van der Waals surface area contributed by atoms with E-state index in [0.29, 0.717) is 73.2 Å². The monoisotopic (exact) mass is 498 g/mol. The number of aromatic nitrogens is 3. The first-order chi connectivity index (χ1) is 17.0. The molecule has 0 aliphatic carbocycles. The van der Waals surface area contributed by atoms with E-state index in [-0.39, 0.29) is 17.6 Å². The van der Waals surface area contributed by atoms with Gasteiger partial charge >= 0.3 is 0 Å². The molecule has 3 N–H and O–H groups in total. The van der Waals surface area contributed by atoms with Crippen LogP contribution in [-0.4, -0.2) is 76.0 Å². The largest absolute Gasteiger partial charge is 0.481 e. The second-order valence-electron chi connectivity index (χ2n) is 8.76. The molecule has 1 saturated heterocycles. The molecular weight excluding hydrogens is 471 g/mol. The van der Waals surface area contributed by atoms with E-state index in [1.165, 1.54) is 25.1 Å². The smallest absolute Gasteiger partial charge is 0.235 e. The molecule has 11 heteroatoms. The van der Waals surface area contributed by atoms with Gasteiger partial charge in [-0.15, -0.1) is 11.8 Å². The number of amides is 1. The Morgan fingerprint density at radius 2 is 2.17 bits per heavy atom. The second kappa shape index (κ2) is 10.4. The number of nitrogens with one attached hydrogen (secondary N) is 2. The lowest BCUT2D eigenvalue weighted by Gasteiger charge is -2.18. The first-order valence-corrected chi connectivity index (χ1v) is 12.5. The third-order valence-corrected chi connectivity index (χ3v) is 7.40. The topological polar surface area (TPSA) is 113 Å². The predicted molar refractivity (Wildman–Crippen MR) is 131 cm³/mol. The lowest BCUT2D eigenvalue weighted by atomic mass is 10.1. The van der Waals surface area contributed by atoms with E-state index < -0.39 is 6.10 Å². The highest BCUT2D eigenvalue weighted by Crippen LogP contribution is 2.29. The lowest BCUT2D eigenvalue weighted by Crippen LogP contribution is -2.30. The number of fused-ring (bicyclic) bond motifs is 2. The van der Waals surface area contributed by atoms with Crippen LogP contribution in [0.4, 0.5) is 10.2 Å². The molecule has 0 saturated carbocycles. The summed E-state index contributed by atoms with van der Waals surface area (Å²) in [6.07, 6.45) is 1.23. The Labute approximate surface area is 206 Å². The normalized spacial score (nSPS) is 20.1. The number of aliphatic hydroxyl groups is 1. The zero-order chi connectivity index (χ0) is 24.4. The molecule has 2 aliphatic heterocycles. The molecule has 1 fully saturated rings. The molecule has 3 aromatic rings. The number of hydrogen-bond donors (Lipinski definition) is 3. The third kappa shape index (κ3) is 5.37. The Bertz CT molecular complexity index is 1250. The second-order valence-corrected chi connectivity index (χ2v) is 9.78. The Morgan fingerprint density at radius 3 is 3.03 bits per heavy atom. The van der Waals surface area contributed by atoms with Crippen LogP contribution < -0.4 is 15.4 Å². The highest BCUT2D eigenvalue weighted by atomic mass is 32.2. The van der Waals surface area contributed by atoms with Gasteiger partial charge in [0.05, 0.1) is 46.8 Å². The summed E-state index contributed by atoms with van der Waals surface area (Å²) in [5.74, 6) is 1.08. The van der Waals surface area contributed by atoms with Crippen molar-refractivity contribution in [1.29, 1.82) is 0 Å². The summed E-state index contributed by atoms with van der Waals surface area (Å²) in [7, 11) is 1.53. The molecule has 0 radical (unpaired) electrons. The van der Waals surface area contributed by atoms with E-state index in [1.54, 1.807) is 12.1 Å². The average molecular weight is 499 g/mol. The Kier molecular flexibility index (Phi) is 7.09. The summed E-state index contributed by atoms with van der Waals surface area (Å²) < 4.78 is 19.8. The van der Waals surface area contributed by atoms with Crippen molar-refractivity contribution >= 4 is 34.5 Å². The molecule has 2 aliphatic rings. The minimum Gasteiger partial charge on any atom is -0.481 e. The molecule has 9 nitrogen and oxygen atoms in total. The minimum absolute atomic E-state index is 0.0381. The van der Waals surface area contributed by atoms with Crippen LogP contribution in [-0.2, 0) is 17.8 Å². The van der Waals surface area contributed by atoms with Crippen LogP contribution in [0.15, 0.2) is 35.4 Å². The van der Waals surface area contributed by atoms with Crippen molar-refractivity contribution in [1.82, 2.24) is 25.2 Å². The van der Waals surface area contributed by atoms with Gasteiger partial charge in [0.1, 0.15) is 11.6 Å². The van der Waals surface area contributed by atoms with Gasteiger partial charge in [-0.05, 0) is 24.6 Å². The molecule has 0 spiro atoms. The van der Waals surface area contributed by atoms with Crippen LogP contribution in [0.25, 0.3) is 11.0 Å². The van der Waals surface area contributed by atoms with Crippen molar-refractivity contribution in [2.24, 2.45) is 5.92 Å². The highest BCUT2D eigenvalue weighted by Gasteiger charge is 2.31. The quantitative estimate of drug-likeness (QED) is 0.428. The predicted octanol–water partition coefficient (Wildman–Crippen LogP) is 1.84. The molecular formula is C24H27FN6O3S. The van der Waals surface area contributed by atoms with Crippen LogP contribution >= 0.6 is 11.8 Å². The summed E-state index contributed by atoms with van der Waals surface area (Å²) in [5.41, 5.74) is 2.47. The van der Waals surface area contributed by atoms with Gasteiger partial charge in [-0.1, -0.05) is 0 Å². The molecule has 2 atom stereocenters. The zero-order valence-corrected chi connectivity index (χ0v) is 20.1. The number of pyridine rings is 3. The van der Waals surface area contributed by atoms with Crippen molar-refractivity contribution < 1.29 is 19.0 Å². The fraction of sp³-hybridized carbons (Fsp3) is 0.417. The highest BCUT2D eigenvalue weighted by molar-refractivity contribution is 8.00. The summed E-state index contributed by atoms with van der Waals surface area (Å²) in [5, 5.41) is 16.8. The first kappa shape index (κ1) is 23.9. The van der Waals surface area contributed by atoms with Crippen LogP contribution in [0.5, 0.6) is 5.88 Å². The molecule has 0 aromatic carbocycles. The first-order valence-electron chi connectivity index (χ1n) is 11.5. The van der Waals surface area contributed by atoms with Gasteiger partial charge in [-0.25, -0.2) is 14.4 Å². The van der Waals surface area contributed by atoms with E-state index in [4.69, 9.17) is 4.74 Å². The number of carbonyl (C=O) groups excluding carboxylic acids is 1. The summed E-state index contributed by atoms with van der Waals surface area (Å²) in [6, 6.07) is 7.40. The summed E-state index contributed by atoms with van der Waals surface area (Å²) in [6.45, 7) is 3.02. The number of β-amino-alcohol motifs (C(OH)–C–C–N with tert-alkyl or cyclic N) is 1. The Morgan fingerprint density at radius 1 is 1.29 bits per heavy atom. The molecule has 5 rings (SSSR count). The van der Waals surface area contributed by atoms with E-state index in [2.05, 4.69) is 30.5 Å². The van der Waals surface area contributed by atoms with Crippen LogP contribution in [0, 0.1) is 11.7 Å². The molecule has 0 bridgehead atoms. The maximum atomic E-state index is 14.6. The number of ether oxygens (including phenoxy) is 1. The Balaban J connectivity index is 1.15. The number of anilines is 1. The van der Waals surface area contributed by atoms with Gasteiger partial charge < -0.3 is 25.4 Å². The number of carbonyl (C=O) groups is 1. The van der Waals surface area contributed by atoms with E-state index in [9.17, 15) is 14.3 Å². The number of methoxy groups -OCH3 is 1. The van der Waals surface area contributed by atoms with Crippen LogP contribution in [0.3, 0.4) is 0 Å². The van der Waals surface area contributed by atoms with E-state index in [0.717, 1.165) is 10.6 Å². The van der Waals surface area contributed by atoms with Gasteiger partial charge in [-0.3, -0.25) is 9.78 Å². The number of rotatable bonds is 8. The molecule has 5 heterocycles. The van der Waals surface area contributed by atoms with Gasteiger partial charge in [0.15, 0.2) is 0 Å². The Hall–Kier alpha value is -2.86. The van der Waals surface area contributed by atoms with E-state index >= 15 is 0 Å². The van der Waals surface area contributed by atoms with Crippen LogP contribution in [0.1, 0.15) is 11.3 Å². The number of likely N-dealkylation sites (tertiary alicyclic amines) is 1. The molecule has 1 amide bonds. The SMILES string of the molecule is COc1ccc2ncc(F)c(CCN3CC(O)[C@@H](CNCc4ccc5c(n4)NC(=O)CS5)C3)c2n1. The zero-order valence-electron chi connectivity index (χ0n) is 19.3. The number of aliphatic hydroxyl groups excluding tert-OH is 1. The molecule has 184 valence electrons. The van der Waals surface area contributed by atoms with Gasteiger partial charge in [0.25, 0.3) is 0 Å². The van der Waals surface area contributed by atoms with Crippen molar-refractivity contribution in [3.8, 4) is 5.88 Å². The minimum atomic E-state index is -0.466. The number of thioether (sulfide) groups is 1. The summed E-state index contributed by atoms with van der Waals surface area (Å²) >= 11 is 1.49. The van der Waals surface area contributed by atoms with Crippen molar-refractivity contribution in [3.63, 3.8) is 0 Å². The molecule has 3 aromatic heterocycles. The van der Waals surface area contributed by atoms with Crippen LogP contribution in [0.2, 0.25) is 0 Å². The van der Waals surface area contributed by atoms with Gasteiger partial charge in [-0.2, -0.15) is 0 Å². The maximum Gasteiger partial charge on any atom is 0.235 e. The van der Waals surface area contributed by atoms with Gasteiger partial charge in [0, 0.05) is 50.3 Å². The standard InChI is InChI=1S/C24H27FN6O3S/c1-34-22-5-3-18-23(30-22)16(17(25)10-27-18)6-7-31-11-14(19(32)12-31)8-26-9-15-2-4-20-24(28-15)29-21(33)13-35-20/h2-5,10,14,19,26,32H,6-9,11-13H2,1H3,(H,28,29,33)/t14-,19?/m0/s1. The van der Waals surface area contributed by atoms with Crippen molar-refractivity contribution in [2.75, 3.05) is 44.4 Å². The van der Waals surface area contributed by atoms with E-state index in [1.807, 2.05) is 12.1 Å². The maximum absolute atomic E-state index is 14.6. The fourth-order valence-electron chi connectivity index (χ4n) is 4.51. The van der Waals surface area contributed by atoms with Crippen molar-refractivity contribution in [3.05, 3.63) is 47.5 Å².